The topological polar surface area (TPSA) is 0 Å². The van der Waals surface area contributed by atoms with Gasteiger partial charge in [-0.05, 0) is 0 Å². The van der Waals surface area contributed by atoms with Crippen molar-refractivity contribution < 1.29 is 0 Å². The third-order valence-corrected chi connectivity index (χ3v) is 4.78. The lowest BCUT2D eigenvalue weighted by Crippen LogP contribution is -2.07. The second kappa shape index (κ2) is 5.82. The highest BCUT2D eigenvalue weighted by Crippen LogP contribution is 2.28. The Bertz CT molecular complexity index is 84.9. The van der Waals surface area contributed by atoms with E-state index in [-0.39, 0.29) is 0 Å². The van der Waals surface area contributed by atoms with Gasteiger partial charge in [0.05, 0.1) is 0 Å². The molecule has 0 nitrogen and oxygen atoms in total. The lowest BCUT2D eigenvalue weighted by molar-refractivity contribution is 0.499. The van der Waals surface area contributed by atoms with E-state index >= 15 is 0 Å². The minimum Gasteiger partial charge on any atom is -0.0654 e. The molecule has 0 saturated heterocycles. The SMILES string of the molecule is CCCC[SiH]C1CCCCC1. The van der Waals surface area contributed by atoms with Gasteiger partial charge >= 0.3 is 0 Å². The van der Waals surface area contributed by atoms with Crippen LogP contribution in [0.15, 0.2) is 0 Å². The number of rotatable bonds is 4. The number of hydrogen-bond acceptors (Lipinski definition) is 0. The van der Waals surface area contributed by atoms with E-state index in [1.165, 1.54) is 37.6 Å². The molecule has 0 aliphatic heterocycles. The van der Waals surface area contributed by atoms with Crippen LogP contribution < -0.4 is 0 Å². The Balaban J connectivity index is 1.96. The number of unbranched alkanes of at least 4 members (excludes halogenated alkanes) is 1. The molecule has 1 fully saturated rings. The average molecular weight is 169 g/mol. The first-order valence-electron chi connectivity index (χ1n) is 5.27. The molecule has 1 aliphatic rings. The summed E-state index contributed by atoms with van der Waals surface area (Å²) in [6.07, 6.45) is 10.6. The van der Waals surface area contributed by atoms with Gasteiger partial charge in [-0.25, -0.2) is 0 Å². The molecule has 11 heavy (non-hydrogen) atoms. The fraction of sp³-hybridized carbons (Fsp3) is 1.00. The summed E-state index contributed by atoms with van der Waals surface area (Å²) in [5.41, 5.74) is 1.19. The van der Waals surface area contributed by atoms with Crippen molar-refractivity contribution in [2.45, 2.75) is 63.5 Å². The van der Waals surface area contributed by atoms with Gasteiger partial charge in [0.1, 0.15) is 0 Å². The van der Waals surface area contributed by atoms with Gasteiger partial charge in [0.2, 0.25) is 0 Å². The molecule has 0 aromatic heterocycles. The molecular weight excluding hydrogens is 148 g/mol. The molecule has 0 heterocycles. The Morgan fingerprint density at radius 3 is 2.55 bits per heavy atom. The van der Waals surface area contributed by atoms with Gasteiger partial charge in [0, 0.05) is 9.52 Å². The Morgan fingerprint density at radius 1 is 1.18 bits per heavy atom. The standard InChI is InChI=1S/C10H21Si/c1-2-3-9-11-10-7-5-4-6-8-10/h10-11H,2-9H2,1H3. The van der Waals surface area contributed by atoms with Gasteiger partial charge in [0.25, 0.3) is 0 Å². The fourth-order valence-corrected chi connectivity index (χ4v) is 3.99. The molecular formula is C10H21Si. The van der Waals surface area contributed by atoms with Gasteiger partial charge in [-0.15, -0.1) is 0 Å². The van der Waals surface area contributed by atoms with Crippen molar-refractivity contribution in [1.29, 1.82) is 0 Å². The Morgan fingerprint density at radius 2 is 1.91 bits per heavy atom. The van der Waals surface area contributed by atoms with E-state index in [4.69, 9.17) is 0 Å². The molecule has 0 atom stereocenters. The van der Waals surface area contributed by atoms with Crippen molar-refractivity contribution in [3.63, 3.8) is 0 Å². The highest BCUT2D eigenvalue weighted by atomic mass is 28.2. The van der Waals surface area contributed by atoms with Gasteiger partial charge in [-0.2, -0.15) is 0 Å². The number of hydrogen-bond donors (Lipinski definition) is 0. The molecule has 0 amide bonds. The first-order chi connectivity index (χ1) is 5.43. The summed E-state index contributed by atoms with van der Waals surface area (Å²) in [6.45, 7) is 2.31. The molecule has 0 bridgehead atoms. The van der Waals surface area contributed by atoms with Crippen molar-refractivity contribution in [3.05, 3.63) is 0 Å². The zero-order valence-corrected chi connectivity index (χ0v) is 8.97. The molecule has 0 unspecified atom stereocenters. The Labute approximate surface area is 73.6 Å². The largest absolute Gasteiger partial charge is 0.0654 e. The summed E-state index contributed by atoms with van der Waals surface area (Å²) in [5.74, 6) is 0. The van der Waals surface area contributed by atoms with Crippen LogP contribution >= 0.6 is 0 Å². The summed E-state index contributed by atoms with van der Waals surface area (Å²) in [4.78, 5) is 0. The van der Waals surface area contributed by atoms with Crippen LogP contribution in [0.5, 0.6) is 0 Å². The maximum atomic E-state index is 2.31. The van der Waals surface area contributed by atoms with Crippen LogP contribution in [-0.2, 0) is 0 Å². The Hall–Kier alpha value is 0.217. The molecule has 0 aromatic carbocycles. The van der Waals surface area contributed by atoms with Crippen LogP contribution in [0.4, 0.5) is 0 Å². The third kappa shape index (κ3) is 3.95. The average Bonchev–Trinajstić information content (AvgIpc) is 2.07. The van der Waals surface area contributed by atoms with Gasteiger partial charge < -0.3 is 0 Å². The summed E-state index contributed by atoms with van der Waals surface area (Å²) in [6, 6.07) is 1.57. The predicted octanol–water partition coefficient (Wildman–Crippen LogP) is 3.39. The summed E-state index contributed by atoms with van der Waals surface area (Å²) in [7, 11) is 0.821. The van der Waals surface area contributed by atoms with Gasteiger partial charge in [-0.1, -0.05) is 63.5 Å². The second-order valence-corrected chi connectivity index (χ2v) is 5.77. The second-order valence-electron chi connectivity index (χ2n) is 3.78. The normalized spacial score (nSPS) is 20.5. The van der Waals surface area contributed by atoms with Crippen LogP contribution in [0.25, 0.3) is 0 Å². The maximum Gasteiger partial charge on any atom is 0.0314 e. The summed E-state index contributed by atoms with van der Waals surface area (Å²) in [5, 5.41) is 0. The lowest BCUT2D eigenvalue weighted by atomic mass is 10.0. The van der Waals surface area contributed by atoms with Crippen molar-refractivity contribution in [3.8, 4) is 0 Å². The van der Waals surface area contributed by atoms with E-state index in [0.717, 1.165) is 9.52 Å². The third-order valence-electron chi connectivity index (χ3n) is 2.71. The van der Waals surface area contributed by atoms with E-state index in [0.29, 0.717) is 0 Å². The zero-order chi connectivity index (χ0) is 7.94. The van der Waals surface area contributed by atoms with Crippen molar-refractivity contribution in [2.75, 3.05) is 0 Å². The molecule has 1 heteroatoms. The monoisotopic (exact) mass is 169 g/mol. The zero-order valence-electron chi connectivity index (χ0n) is 7.81. The van der Waals surface area contributed by atoms with Crippen molar-refractivity contribution in [1.82, 2.24) is 0 Å². The Kier molecular flexibility index (Phi) is 4.92. The molecule has 0 spiro atoms. The fourth-order valence-electron chi connectivity index (χ4n) is 1.93. The highest BCUT2D eigenvalue weighted by Gasteiger charge is 2.12. The van der Waals surface area contributed by atoms with Crippen molar-refractivity contribution in [2.24, 2.45) is 0 Å². The van der Waals surface area contributed by atoms with Gasteiger partial charge in [-0.3, -0.25) is 0 Å². The predicted molar refractivity (Wildman–Crippen MR) is 53.7 cm³/mol. The van der Waals surface area contributed by atoms with Crippen LogP contribution in [0.2, 0.25) is 11.6 Å². The van der Waals surface area contributed by atoms with E-state index in [1.807, 2.05) is 0 Å². The summed E-state index contributed by atoms with van der Waals surface area (Å²) >= 11 is 0. The van der Waals surface area contributed by atoms with Crippen LogP contribution in [0, 0.1) is 0 Å². The minimum absolute atomic E-state index is 0.821. The molecule has 1 radical (unpaired) electrons. The molecule has 1 rings (SSSR count). The van der Waals surface area contributed by atoms with Crippen LogP contribution in [0.3, 0.4) is 0 Å². The molecule has 1 aliphatic carbocycles. The first kappa shape index (κ1) is 9.31. The highest BCUT2D eigenvalue weighted by molar-refractivity contribution is 6.37. The first-order valence-corrected chi connectivity index (χ1v) is 6.75. The minimum atomic E-state index is 0.821. The molecule has 1 saturated carbocycles. The molecule has 65 valence electrons. The van der Waals surface area contributed by atoms with Crippen LogP contribution in [-0.4, -0.2) is 9.52 Å². The van der Waals surface area contributed by atoms with Gasteiger partial charge in [0.15, 0.2) is 0 Å². The lowest BCUT2D eigenvalue weighted by Gasteiger charge is -2.20. The van der Waals surface area contributed by atoms with Crippen molar-refractivity contribution >= 4 is 9.52 Å². The smallest absolute Gasteiger partial charge is 0.0314 e. The van der Waals surface area contributed by atoms with E-state index < -0.39 is 0 Å². The molecule has 0 aromatic rings. The summed E-state index contributed by atoms with van der Waals surface area (Å²) < 4.78 is 0. The maximum absolute atomic E-state index is 2.31. The van der Waals surface area contributed by atoms with E-state index in [1.54, 1.807) is 18.9 Å². The van der Waals surface area contributed by atoms with E-state index in [9.17, 15) is 0 Å². The quantitative estimate of drug-likeness (QED) is 0.447. The van der Waals surface area contributed by atoms with E-state index in [2.05, 4.69) is 6.92 Å². The van der Waals surface area contributed by atoms with Crippen LogP contribution in [0.1, 0.15) is 51.9 Å². The molecule has 0 N–H and O–H groups in total.